The molecule has 20 heavy (non-hydrogen) atoms. The molecule has 0 spiro atoms. The predicted molar refractivity (Wildman–Crippen MR) is 67.2 cm³/mol. The first-order chi connectivity index (χ1) is 9.45. The topological polar surface area (TPSA) is 159 Å². The summed E-state index contributed by atoms with van der Waals surface area (Å²) >= 11 is 0. The van der Waals surface area contributed by atoms with Crippen molar-refractivity contribution in [2.24, 2.45) is 11.0 Å². The maximum atomic E-state index is 11.8. The molecule has 2 rings (SSSR count). The standard InChI is InChI=1S/C10H14N6O4/c1-5-7(18)10(4-17,14-15-12)20-8(5)16-3-2-6(11)13-9(16)19/h2-3,5,7-8,17-18H,4H2,1H3,(H2,11,13,19)/t5?,7?,8-,10-/m1/s1. The molecule has 1 aliphatic rings. The van der Waals surface area contributed by atoms with Crippen LogP contribution in [0.3, 0.4) is 0 Å². The second-order valence-electron chi connectivity index (χ2n) is 4.55. The minimum Gasteiger partial charge on any atom is -0.393 e. The first kappa shape index (κ1) is 14.3. The maximum absolute atomic E-state index is 11.8. The minimum atomic E-state index is -1.82. The van der Waals surface area contributed by atoms with Crippen LogP contribution in [-0.2, 0) is 4.74 Å². The van der Waals surface area contributed by atoms with E-state index < -0.39 is 36.3 Å². The molecule has 2 heterocycles. The van der Waals surface area contributed by atoms with Crippen LogP contribution in [0, 0.1) is 5.92 Å². The number of aliphatic hydroxyl groups is 2. The third kappa shape index (κ3) is 2.10. The van der Waals surface area contributed by atoms with E-state index in [1.807, 2.05) is 0 Å². The van der Waals surface area contributed by atoms with Gasteiger partial charge < -0.3 is 20.7 Å². The molecule has 1 aromatic rings. The summed E-state index contributed by atoms with van der Waals surface area (Å²) in [6, 6.07) is 1.40. The molecule has 1 aliphatic heterocycles. The Morgan fingerprint density at radius 3 is 3.00 bits per heavy atom. The van der Waals surface area contributed by atoms with E-state index in [0.717, 1.165) is 4.57 Å². The Balaban J connectivity index is 2.45. The maximum Gasteiger partial charge on any atom is 0.351 e. The fourth-order valence-electron chi connectivity index (χ4n) is 2.20. The van der Waals surface area contributed by atoms with Gasteiger partial charge in [-0.1, -0.05) is 12.0 Å². The third-order valence-corrected chi connectivity index (χ3v) is 3.30. The van der Waals surface area contributed by atoms with Crippen LogP contribution in [0.1, 0.15) is 13.2 Å². The summed E-state index contributed by atoms with van der Waals surface area (Å²) in [5, 5.41) is 22.8. The van der Waals surface area contributed by atoms with Crippen LogP contribution in [0.5, 0.6) is 0 Å². The van der Waals surface area contributed by atoms with Crippen molar-refractivity contribution in [2.45, 2.75) is 25.0 Å². The van der Waals surface area contributed by atoms with Gasteiger partial charge in [-0.15, -0.1) is 0 Å². The highest BCUT2D eigenvalue weighted by atomic mass is 16.6. The van der Waals surface area contributed by atoms with E-state index in [1.54, 1.807) is 6.92 Å². The molecule has 0 saturated carbocycles. The molecule has 0 radical (unpaired) electrons. The van der Waals surface area contributed by atoms with E-state index in [1.165, 1.54) is 12.3 Å². The Bertz CT molecular complexity index is 612. The first-order valence-corrected chi connectivity index (χ1v) is 5.83. The zero-order chi connectivity index (χ0) is 14.9. The third-order valence-electron chi connectivity index (χ3n) is 3.30. The van der Waals surface area contributed by atoms with Crippen molar-refractivity contribution < 1.29 is 14.9 Å². The lowest BCUT2D eigenvalue weighted by atomic mass is 9.98. The number of nitrogens with zero attached hydrogens (tertiary/aromatic N) is 5. The van der Waals surface area contributed by atoms with Crippen molar-refractivity contribution in [1.82, 2.24) is 9.55 Å². The van der Waals surface area contributed by atoms with Gasteiger partial charge in [-0.3, -0.25) is 4.57 Å². The Morgan fingerprint density at radius 1 is 1.75 bits per heavy atom. The summed E-state index contributed by atoms with van der Waals surface area (Å²) in [6.45, 7) is 0.888. The predicted octanol–water partition coefficient (Wildman–Crippen LogP) is -0.650. The Kier molecular flexibility index (Phi) is 3.64. The summed E-state index contributed by atoms with van der Waals surface area (Å²) in [6.07, 6.45) is -0.830. The number of rotatable bonds is 3. The fourth-order valence-corrected chi connectivity index (χ4v) is 2.20. The van der Waals surface area contributed by atoms with Crippen LogP contribution in [-0.4, -0.2) is 38.2 Å². The number of azide groups is 1. The zero-order valence-corrected chi connectivity index (χ0v) is 10.6. The van der Waals surface area contributed by atoms with Gasteiger partial charge in [0.05, 0.1) is 12.7 Å². The Morgan fingerprint density at radius 2 is 2.45 bits per heavy atom. The summed E-state index contributed by atoms with van der Waals surface area (Å²) in [5.41, 5.74) is 11.4. The summed E-state index contributed by atoms with van der Waals surface area (Å²) in [4.78, 5) is 17.9. The van der Waals surface area contributed by atoms with Crippen molar-refractivity contribution in [3.05, 3.63) is 33.2 Å². The minimum absolute atomic E-state index is 0.0564. The van der Waals surface area contributed by atoms with Crippen molar-refractivity contribution in [3.8, 4) is 0 Å². The highest BCUT2D eigenvalue weighted by Gasteiger charge is 2.53. The largest absolute Gasteiger partial charge is 0.393 e. The van der Waals surface area contributed by atoms with E-state index in [9.17, 15) is 15.0 Å². The van der Waals surface area contributed by atoms with Crippen LogP contribution in [0.2, 0.25) is 0 Å². The van der Waals surface area contributed by atoms with E-state index in [4.69, 9.17) is 16.0 Å². The normalized spacial score (nSPS) is 32.9. The number of aliphatic hydroxyl groups excluding tert-OH is 2. The van der Waals surface area contributed by atoms with E-state index in [2.05, 4.69) is 15.0 Å². The smallest absolute Gasteiger partial charge is 0.351 e. The van der Waals surface area contributed by atoms with Crippen molar-refractivity contribution in [1.29, 1.82) is 0 Å². The average Bonchev–Trinajstić information content (AvgIpc) is 2.65. The van der Waals surface area contributed by atoms with Crippen molar-refractivity contribution >= 4 is 5.82 Å². The SMILES string of the molecule is CC1C(O)[C@](CO)(N=[N+]=[N-])O[C@H]1n1ccc(N)nc1=O. The lowest BCUT2D eigenvalue weighted by Crippen LogP contribution is -2.42. The number of ether oxygens (including phenoxy) is 1. The van der Waals surface area contributed by atoms with Crippen LogP contribution >= 0.6 is 0 Å². The monoisotopic (exact) mass is 282 g/mol. The molecule has 4 N–H and O–H groups in total. The molecule has 10 heteroatoms. The quantitative estimate of drug-likeness (QED) is 0.379. The van der Waals surface area contributed by atoms with E-state index in [-0.39, 0.29) is 5.82 Å². The highest BCUT2D eigenvalue weighted by Crippen LogP contribution is 2.41. The second kappa shape index (κ2) is 5.10. The van der Waals surface area contributed by atoms with Crippen molar-refractivity contribution in [3.63, 3.8) is 0 Å². The van der Waals surface area contributed by atoms with E-state index >= 15 is 0 Å². The Labute approximate surface area is 113 Å². The lowest BCUT2D eigenvalue weighted by molar-refractivity contribution is -0.124. The molecule has 1 fully saturated rings. The molecule has 1 saturated heterocycles. The summed E-state index contributed by atoms with van der Waals surface area (Å²) in [5.74, 6) is -0.545. The van der Waals surface area contributed by atoms with Gasteiger partial charge in [0.2, 0.25) is 0 Å². The van der Waals surface area contributed by atoms with Crippen LogP contribution in [0.25, 0.3) is 10.4 Å². The van der Waals surface area contributed by atoms with Crippen LogP contribution < -0.4 is 11.4 Å². The molecular weight excluding hydrogens is 268 g/mol. The number of nitrogen functional groups attached to an aromatic ring is 1. The van der Waals surface area contributed by atoms with Gasteiger partial charge in [0, 0.05) is 17.0 Å². The fraction of sp³-hybridized carbons (Fsp3) is 0.600. The molecule has 2 unspecified atom stereocenters. The molecule has 0 aromatic carbocycles. The number of anilines is 1. The number of hydrogen-bond donors (Lipinski definition) is 3. The number of nitrogens with two attached hydrogens (primary N) is 1. The van der Waals surface area contributed by atoms with Crippen LogP contribution in [0.4, 0.5) is 5.82 Å². The van der Waals surface area contributed by atoms with Gasteiger partial charge in [0.1, 0.15) is 12.0 Å². The Hall–Kier alpha value is -2.13. The molecule has 1 aromatic heterocycles. The number of aromatic nitrogens is 2. The van der Waals surface area contributed by atoms with Crippen molar-refractivity contribution in [2.75, 3.05) is 12.3 Å². The molecular formula is C10H14N6O4. The zero-order valence-electron chi connectivity index (χ0n) is 10.6. The first-order valence-electron chi connectivity index (χ1n) is 5.83. The summed E-state index contributed by atoms with van der Waals surface area (Å²) in [7, 11) is 0. The van der Waals surface area contributed by atoms with E-state index in [0.29, 0.717) is 0 Å². The average molecular weight is 282 g/mol. The highest BCUT2D eigenvalue weighted by molar-refractivity contribution is 5.23. The molecule has 10 nitrogen and oxygen atoms in total. The molecule has 0 amide bonds. The van der Waals surface area contributed by atoms with Crippen LogP contribution in [0.15, 0.2) is 22.2 Å². The van der Waals surface area contributed by atoms with Gasteiger partial charge in [-0.05, 0) is 11.6 Å². The molecule has 0 aliphatic carbocycles. The van der Waals surface area contributed by atoms with Gasteiger partial charge in [0.25, 0.3) is 0 Å². The number of hydrogen-bond acceptors (Lipinski definition) is 7. The lowest BCUT2D eigenvalue weighted by Gasteiger charge is -2.24. The van der Waals surface area contributed by atoms with Gasteiger partial charge in [0.15, 0.2) is 5.72 Å². The molecule has 0 bridgehead atoms. The van der Waals surface area contributed by atoms with Gasteiger partial charge in [-0.2, -0.15) is 4.98 Å². The second-order valence-corrected chi connectivity index (χ2v) is 4.55. The molecule has 108 valence electrons. The van der Waals surface area contributed by atoms with Gasteiger partial charge >= 0.3 is 5.69 Å². The van der Waals surface area contributed by atoms with Gasteiger partial charge in [-0.25, -0.2) is 4.79 Å². The summed E-state index contributed by atoms with van der Waals surface area (Å²) < 4.78 is 6.55. The molecule has 4 atom stereocenters.